The summed E-state index contributed by atoms with van der Waals surface area (Å²) in [6, 6.07) is 11.1. The van der Waals surface area contributed by atoms with Crippen molar-refractivity contribution < 1.29 is 4.74 Å². The third-order valence-electron chi connectivity index (χ3n) is 4.82. The molecule has 1 N–H and O–H groups in total. The van der Waals surface area contributed by atoms with E-state index < -0.39 is 0 Å². The predicted octanol–water partition coefficient (Wildman–Crippen LogP) is 4.57. The molecule has 0 heterocycles. The van der Waals surface area contributed by atoms with Crippen molar-refractivity contribution in [1.29, 1.82) is 0 Å². The van der Waals surface area contributed by atoms with Gasteiger partial charge in [-0.1, -0.05) is 57.0 Å². The highest BCUT2D eigenvalue weighted by atomic mass is 16.5. The molecular formula is C19H31NO. The molecule has 0 bridgehead atoms. The molecule has 1 fully saturated rings. The first kappa shape index (κ1) is 16.5. The molecule has 2 rings (SSSR count). The van der Waals surface area contributed by atoms with Crippen LogP contribution < -0.4 is 5.32 Å². The molecule has 1 saturated carbocycles. The maximum atomic E-state index is 5.92. The third-order valence-corrected chi connectivity index (χ3v) is 4.82. The van der Waals surface area contributed by atoms with Gasteiger partial charge in [-0.15, -0.1) is 0 Å². The Hall–Kier alpha value is -0.860. The van der Waals surface area contributed by atoms with Gasteiger partial charge >= 0.3 is 0 Å². The molecule has 1 aromatic carbocycles. The molecule has 0 aromatic heterocycles. The summed E-state index contributed by atoms with van der Waals surface area (Å²) >= 11 is 0. The molecule has 0 radical (unpaired) electrons. The minimum Gasteiger partial charge on any atom is -0.375 e. The molecule has 2 heteroatoms. The zero-order valence-corrected chi connectivity index (χ0v) is 13.8. The normalized spacial score (nSPS) is 25.5. The summed E-state index contributed by atoms with van der Waals surface area (Å²) in [6.45, 7) is 5.70. The van der Waals surface area contributed by atoms with Gasteiger partial charge in [0, 0.05) is 13.2 Å². The second kappa shape index (κ2) is 8.55. The van der Waals surface area contributed by atoms with Gasteiger partial charge in [-0.2, -0.15) is 0 Å². The van der Waals surface area contributed by atoms with Gasteiger partial charge in [0.05, 0.1) is 6.10 Å². The molecule has 1 aromatic rings. The van der Waals surface area contributed by atoms with E-state index in [0.717, 1.165) is 18.4 Å². The van der Waals surface area contributed by atoms with Crippen molar-refractivity contribution in [2.24, 2.45) is 11.8 Å². The first-order valence-corrected chi connectivity index (χ1v) is 8.57. The van der Waals surface area contributed by atoms with Crippen molar-refractivity contribution in [3.05, 3.63) is 35.9 Å². The van der Waals surface area contributed by atoms with Gasteiger partial charge < -0.3 is 10.1 Å². The van der Waals surface area contributed by atoms with Crippen LogP contribution >= 0.6 is 0 Å². The molecule has 0 spiro atoms. The van der Waals surface area contributed by atoms with E-state index in [-0.39, 0.29) is 6.10 Å². The van der Waals surface area contributed by atoms with Gasteiger partial charge in [-0.05, 0) is 43.2 Å². The fraction of sp³-hybridized carbons (Fsp3) is 0.684. The van der Waals surface area contributed by atoms with Crippen LogP contribution in [0, 0.1) is 11.8 Å². The van der Waals surface area contributed by atoms with Crippen LogP contribution in [0.4, 0.5) is 0 Å². The van der Waals surface area contributed by atoms with Crippen LogP contribution in [0.3, 0.4) is 0 Å². The lowest BCUT2D eigenvalue weighted by molar-refractivity contribution is 0.0335. The third kappa shape index (κ3) is 4.55. The van der Waals surface area contributed by atoms with Crippen LogP contribution in [0.1, 0.15) is 57.6 Å². The Morgan fingerprint density at radius 3 is 2.62 bits per heavy atom. The summed E-state index contributed by atoms with van der Waals surface area (Å²) in [5, 5.41) is 3.78. The van der Waals surface area contributed by atoms with Crippen molar-refractivity contribution in [3.8, 4) is 0 Å². The molecule has 1 aliphatic carbocycles. The van der Waals surface area contributed by atoms with E-state index >= 15 is 0 Å². The topological polar surface area (TPSA) is 21.3 Å². The van der Waals surface area contributed by atoms with Gasteiger partial charge in [0.15, 0.2) is 0 Å². The smallest absolute Gasteiger partial charge is 0.0976 e. The zero-order valence-electron chi connectivity index (χ0n) is 13.8. The van der Waals surface area contributed by atoms with E-state index in [4.69, 9.17) is 4.74 Å². The van der Waals surface area contributed by atoms with E-state index in [1.54, 1.807) is 0 Å². The van der Waals surface area contributed by atoms with Gasteiger partial charge in [-0.3, -0.25) is 0 Å². The largest absolute Gasteiger partial charge is 0.375 e. The Labute approximate surface area is 130 Å². The molecule has 118 valence electrons. The van der Waals surface area contributed by atoms with Crippen molar-refractivity contribution in [3.63, 3.8) is 0 Å². The minimum absolute atomic E-state index is 0.160. The van der Waals surface area contributed by atoms with Gasteiger partial charge in [0.25, 0.3) is 0 Å². The predicted molar refractivity (Wildman–Crippen MR) is 89.4 cm³/mol. The van der Waals surface area contributed by atoms with Crippen molar-refractivity contribution in [2.45, 2.75) is 58.1 Å². The molecule has 0 amide bonds. The average Bonchev–Trinajstić information content (AvgIpc) is 2.52. The van der Waals surface area contributed by atoms with Crippen LogP contribution in [-0.2, 0) is 4.74 Å². The van der Waals surface area contributed by atoms with E-state index in [1.165, 1.54) is 37.7 Å². The number of hydrogen-bond donors (Lipinski definition) is 1. The second-order valence-corrected chi connectivity index (χ2v) is 6.58. The molecular weight excluding hydrogens is 258 g/mol. The lowest BCUT2D eigenvalue weighted by Crippen LogP contribution is -2.43. The monoisotopic (exact) mass is 289 g/mol. The highest BCUT2D eigenvalue weighted by molar-refractivity contribution is 5.19. The van der Waals surface area contributed by atoms with Crippen LogP contribution in [-0.4, -0.2) is 19.7 Å². The summed E-state index contributed by atoms with van der Waals surface area (Å²) in [6.07, 6.45) is 6.74. The Balaban J connectivity index is 2.16. The number of nitrogens with one attached hydrogen (secondary N) is 1. The van der Waals surface area contributed by atoms with Crippen LogP contribution in [0.25, 0.3) is 0 Å². The number of hydrogen-bond acceptors (Lipinski definition) is 2. The molecule has 4 unspecified atom stereocenters. The fourth-order valence-electron chi connectivity index (χ4n) is 3.77. The number of rotatable bonds is 7. The standard InChI is InChI=1S/C19H31NO/c1-4-13-20-18(17-12-8-9-15(2)14-17)19(21-3)16-10-6-5-7-11-16/h5-7,10-11,15,17-20H,4,8-9,12-14H2,1-3H3. The molecule has 1 aliphatic rings. The second-order valence-electron chi connectivity index (χ2n) is 6.58. The summed E-state index contributed by atoms with van der Waals surface area (Å²) in [5.74, 6) is 1.58. The van der Waals surface area contributed by atoms with Crippen LogP contribution in [0.2, 0.25) is 0 Å². The van der Waals surface area contributed by atoms with Gasteiger partial charge in [0.1, 0.15) is 0 Å². The summed E-state index contributed by atoms with van der Waals surface area (Å²) in [4.78, 5) is 0. The SMILES string of the molecule is CCCNC(C1CCCC(C)C1)C(OC)c1ccccc1. The molecule has 4 atom stereocenters. The number of ether oxygens (including phenoxy) is 1. The van der Waals surface area contributed by atoms with Crippen molar-refractivity contribution in [1.82, 2.24) is 5.32 Å². The Kier molecular flexibility index (Phi) is 6.72. The molecule has 21 heavy (non-hydrogen) atoms. The van der Waals surface area contributed by atoms with E-state index in [0.29, 0.717) is 6.04 Å². The van der Waals surface area contributed by atoms with E-state index in [9.17, 15) is 0 Å². The number of benzene rings is 1. The maximum Gasteiger partial charge on any atom is 0.0976 e. The minimum atomic E-state index is 0.160. The number of methoxy groups -OCH3 is 1. The quantitative estimate of drug-likeness (QED) is 0.794. The summed E-state index contributed by atoms with van der Waals surface area (Å²) in [5.41, 5.74) is 1.30. The van der Waals surface area contributed by atoms with Crippen molar-refractivity contribution in [2.75, 3.05) is 13.7 Å². The first-order chi connectivity index (χ1) is 10.3. The lowest BCUT2D eigenvalue weighted by Gasteiger charge is -2.38. The van der Waals surface area contributed by atoms with E-state index in [2.05, 4.69) is 49.5 Å². The maximum absolute atomic E-state index is 5.92. The van der Waals surface area contributed by atoms with Crippen LogP contribution in [0.15, 0.2) is 30.3 Å². The average molecular weight is 289 g/mol. The van der Waals surface area contributed by atoms with E-state index in [1.807, 2.05) is 7.11 Å². The summed E-state index contributed by atoms with van der Waals surface area (Å²) < 4.78 is 5.92. The Bertz CT molecular complexity index is 392. The lowest BCUT2D eigenvalue weighted by atomic mass is 9.76. The molecule has 2 nitrogen and oxygen atoms in total. The molecule has 0 aliphatic heterocycles. The van der Waals surface area contributed by atoms with Crippen LogP contribution in [0.5, 0.6) is 0 Å². The first-order valence-electron chi connectivity index (χ1n) is 8.57. The summed E-state index contributed by atoms with van der Waals surface area (Å²) in [7, 11) is 1.85. The zero-order chi connectivity index (χ0) is 15.1. The molecule has 0 saturated heterocycles. The van der Waals surface area contributed by atoms with Gasteiger partial charge in [-0.25, -0.2) is 0 Å². The fourth-order valence-corrected chi connectivity index (χ4v) is 3.77. The van der Waals surface area contributed by atoms with Crippen molar-refractivity contribution >= 4 is 0 Å². The van der Waals surface area contributed by atoms with Gasteiger partial charge in [0.2, 0.25) is 0 Å². The highest BCUT2D eigenvalue weighted by Gasteiger charge is 2.32. The highest BCUT2D eigenvalue weighted by Crippen LogP contribution is 2.36. The Morgan fingerprint density at radius 2 is 2.00 bits per heavy atom. The Morgan fingerprint density at radius 1 is 1.24 bits per heavy atom.